The van der Waals surface area contributed by atoms with E-state index in [0.29, 0.717) is 28.1 Å². The quantitative estimate of drug-likeness (QED) is 0.332. The summed E-state index contributed by atoms with van der Waals surface area (Å²) < 4.78 is 8.64. The zero-order chi connectivity index (χ0) is 18.1. The fraction of sp³-hybridized carbons (Fsp3) is 0.105. The Morgan fingerprint density at radius 1 is 1.15 bits per heavy atom. The SMILES string of the molecule is Cn1c(SCC(=O)c2ccc(Br)cc2)nnc1-c1cc2ccccc2o1. The summed E-state index contributed by atoms with van der Waals surface area (Å²) >= 11 is 4.73. The van der Waals surface area contributed by atoms with Crippen molar-refractivity contribution in [3.63, 3.8) is 0 Å². The van der Waals surface area contributed by atoms with Crippen molar-refractivity contribution >= 4 is 44.4 Å². The monoisotopic (exact) mass is 427 g/mol. The highest BCUT2D eigenvalue weighted by Crippen LogP contribution is 2.28. The number of furan rings is 1. The summed E-state index contributed by atoms with van der Waals surface area (Å²) in [6.07, 6.45) is 0. The van der Waals surface area contributed by atoms with Crippen molar-refractivity contribution in [1.82, 2.24) is 14.8 Å². The normalized spacial score (nSPS) is 11.2. The third-order valence-electron chi connectivity index (χ3n) is 3.98. The van der Waals surface area contributed by atoms with Crippen LogP contribution in [0.4, 0.5) is 0 Å². The molecule has 4 aromatic rings. The van der Waals surface area contributed by atoms with Crippen LogP contribution in [0.15, 0.2) is 68.6 Å². The summed E-state index contributed by atoms with van der Waals surface area (Å²) in [5.74, 6) is 1.65. The van der Waals surface area contributed by atoms with Gasteiger partial charge in [-0.1, -0.05) is 58.0 Å². The number of ketones is 1. The fourth-order valence-corrected chi connectivity index (χ4v) is 3.67. The lowest BCUT2D eigenvalue weighted by atomic mass is 10.2. The van der Waals surface area contributed by atoms with Gasteiger partial charge in [0.25, 0.3) is 0 Å². The van der Waals surface area contributed by atoms with Gasteiger partial charge in [-0.25, -0.2) is 0 Å². The van der Waals surface area contributed by atoms with Gasteiger partial charge in [-0.2, -0.15) is 0 Å². The second kappa shape index (κ2) is 7.09. The molecule has 2 aromatic carbocycles. The highest BCUT2D eigenvalue weighted by Gasteiger charge is 2.16. The first kappa shape index (κ1) is 17.1. The number of thioether (sulfide) groups is 1. The second-order valence-corrected chi connectivity index (χ2v) is 7.59. The van der Waals surface area contributed by atoms with Crippen LogP contribution in [0.3, 0.4) is 0 Å². The molecule has 0 aliphatic carbocycles. The van der Waals surface area contributed by atoms with E-state index >= 15 is 0 Å². The third kappa shape index (κ3) is 3.32. The van der Waals surface area contributed by atoms with Crippen LogP contribution in [-0.2, 0) is 7.05 Å². The predicted octanol–water partition coefficient (Wildman–Crippen LogP) is 4.97. The number of benzene rings is 2. The molecule has 4 rings (SSSR count). The van der Waals surface area contributed by atoms with Crippen LogP contribution < -0.4 is 0 Å². The van der Waals surface area contributed by atoms with Crippen LogP contribution in [0.1, 0.15) is 10.4 Å². The maximum Gasteiger partial charge on any atom is 0.200 e. The van der Waals surface area contributed by atoms with Crippen molar-refractivity contribution in [2.75, 3.05) is 5.75 Å². The van der Waals surface area contributed by atoms with E-state index in [1.807, 2.05) is 66.2 Å². The number of halogens is 1. The summed E-state index contributed by atoms with van der Waals surface area (Å²) in [4.78, 5) is 12.3. The van der Waals surface area contributed by atoms with Crippen LogP contribution in [-0.4, -0.2) is 26.3 Å². The number of carbonyl (C=O) groups excluding carboxylic acids is 1. The van der Waals surface area contributed by atoms with Crippen molar-refractivity contribution in [1.29, 1.82) is 0 Å². The Balaban J connectivity index is 1.52. The molecular formula is C19H14BrN3O2S. The topological polar surface area (TPSA) is 60.9 Å². The lowest BCUT2D eigenvalue weighted by molar-refractivity contribution is 0.102. The Morgan fingerprint density at radius 3 is 2.69 bits per heavy atom. The maximum absolute atomic E-state index is 12.3. The van der Waals surface area contributed by atoms with Gasteiger partial charge >= 0.3 is 0 Å². The molecule has 5 nitrogen and oxygen atoms in total. The molecule has 0 unspecified atom stereocenters. The van der Waals surface area contributed by atoms with Gasteiger partial charge in [0.2, 0.25) is 0 Å². The molecule has 2 aromatic heterocycles. The van der Waals surface area contributed by atoms with Gasteiger partial charge in [0.05, 0.1) is 5.75 Å². The number of hydrogen-bond acceptors (Lipinski definition) is 5. The summed E-state index contributed by atoms with van der Waals surface area (Å²) in [5.41, 5.74) is 1.49. The standard InChI is InChI=1S/C19H14BrN3O2S/c1-23-18(17-10-13-4-2-3-5-16(13)25-17)21-22-19(23)26-11-15(24)12-6-8-14(20)9-7-12/h2-10H,11H2,1H3. The Bertz CT molecular complexity index is 1050. The Morgan fingerprint density at radius 2 is 1.92 bits per heavy atom. The first-order valence-electron chi connectivity index (χ1n) is 7.92. The van der Waals surface area contributed by atoms with E-state index in [4.69, 9.17) is 4.42 Å². The molecule has 0 saturated heterocycles. The molecule has 0 radical (unpaired) electrons. The summed E-state index contributed by atoms with van der Waals surface area (Å²) in [5, 5.41) is 10.1. The molecule has 130 valence electrons. The van der Waals surface area contributed by atoms with E-state index in [0.717, 1.165) is 15.4 Å². The minimum absolute atomic E-state index is 0.0517. The van der Waals surface area contributed by atoms with Gasteiger partial charge in [-0.3, -0.25) is 4.79 Å². The smallest absolute Gasteiger partial charge is 0.200 e. The van der Waals surface area contributed by atoms with Crippen LogP contribution >= 0.6 is 27.7 Å². The number of hydrogen-bond donors (Lipinski definition) is 0. The van der Waals surface area contributed by atoms with E-state index in [1.54, 1.807) is 0 Å². The number of aromatic nitrogens is 3. The number of fused-ring (bicyclic) bond motifs is 1. The third-order valence-corrected chi connectivity index (χ3v) is 5.53. The van der Waals surface area contributed by atoms with Gasteiger partial charge < -0.3 is 8.98 Å². The Kier molecular flexibility index (Phi) is 4.65. The van der Waals surface area contributed by atoms with Gasteiger partial charge in [-0.15, -0.1) is 10.2 Å². The van der Waals surface area contributed by atoms with Crippen LogP contribution in [0.25, 0.3) is 22.6 Å². The van der Waals surface area contributed by atoms with Gasteiger partial charge in [0, 0.05) is 22.5 Å². The van der Waals surface area contributed by atoms with E-state index < -0.39 is 0 Å². The van der Waals surface area contributed by atoms with Crippen molar-refractivity contribution in [2.24, 2.45) is 7.05 Å². The highest BCUT2D eigenvalue weighted by atomic mass is 79.9. The van der Waals surface area contributed by atoms with Crippen LogP contribution in [0.5, 0.6) is 0 Å². The van der Waals surface area contributed by atoms with E-state index in [9.17, 15) is 4.79 Å². The minimum Gasteiger partial charge on any atom is -0.453 e. The summed E-state index contributed by atoms with van der Waals surface area (Å²) in [6.45, 7) is 0. The molecule has 7 heteroatoms. The van der Waals surface area contributed by atoms with E-state index in [-0.39, 0.29) is 5.78 Å². The molecule has 0 atom stereocenters. The molecule has 0 fully saturated rings. The Hall–Kier alpha value is -2.38. The number of rotatable bonds is 5. The Labute approximate surface area is 162 Å². The average Bonchev–Trinajstić information content (AvgIpc) is 3.23. The second-order valence-electron chi connectivity index (χ2n) is 5.73. The molecule has 0 saturated carbocycles. The minimum atomic E-state index is 0.0517. The first-order valence-corrected chi connectivity index (χ1v) is 9.69. The summed E-state index contributed by atoms with van der Waals surface area (Å²) in [6, 6.07) is 17.1. The first-order chi connectivity index (χ1) is 12.6. The molecule has 2 heterocycles. The lowest BCUT2D eigenvalue weighted by Crippen LogP contribution is -2.03. The molecule has 0 N–H and O–H groups in total. The van der Waals surface area contributed by atoms with Crippen LogP contribution in [0.2, 0.25) is 0 Å². The van der Waals surface area contributed by atoms with Crippen molar-refractivity contribution < 1.29 is 9.21 Å². The lowest BCUT2D eigenvalue weighted by Gasteiger charge is -2.02. The largest absolute Gasteiger partial charge is 0.453 e. The molecular weight excluding hydrogens is 414 g/mol. The number of Topliss-reactive ketones (excluding diaryl/α,β-unsaturated/α-hetero) is 1. The average molecular weight is 428 g/mol. The van der Waals surface area contributed by atoms with Crippen molar-refractivity contribution in [2.45, 2.75) is 5.16 Å². The molecule has 0 bridgehead atoms. The van der Waals surface area contributed by atoms with E-state index in [1.165, 1.54) is 11.8 Å². The number of carbonyl (C=O) groups is 1. The molecule has 0 amide bonds. The van der Waals surface area contributed by atoms with Gasteiger partial charge in [-0.05, 0) is 24.3 Å². The van der Waals surface area contributed by atoms with Crippen LogP contribution in [0, 0.1) is 0 Å². The van der Waals surface area contributed by atoms with E-state index in [2.05, 4.69) is 26.1 Å². The molecule has 0 spiro atoms. The van der Waals surface area contributed by atoms with Gasteiger partial charge in [0.15, 0.2) is 22.5 Å². The molecule has 0 aliphatic rings. The molecule has 26 heavy (non-hydrogen) atoms. The summed E-state index contributed by atoms with van der Waals surface area (Å²) in [7, 11) is 1.87. The maximum atomic E-state index is 12.3. The zero-order valence-corrected chi connectivity index (χ0v) is 16.3. The molecule has 0 aliphatic heterocycles. The number of para-hydroxylation sites is 1. The highest BCUT2D eigenvalue weighted by molar-refractivity contribution is 9.10. The number of nitrogens with zero attached hydrogens (tertiary/aromatic N) is 3. The van der Waals surface area contributed by atoms with Crippen molar-refractivity contribution in [3.8, 4) is 11.6 Å². The van der Waals surface area contributed by atoms with Crippen molar-refractivity contribution in [3.05, 3.63) is 64.6 Å². The zero-order valence-electron chi connectivity index (χ0n) is 13.8. The van der Waals surface area contributed by atoms with Gasteiger partial charge in [0.1, 0.15) is 5.58 Å². The fourth-order valence-electron chi connectivity index (χ4n) is 2.60. The predicted molar refractivity (Wildman–Crippen MR) is 105 cm³/mol.